The standard InChI is InChI=1S/C8H16N2O2/c1-7(11)8(12)9-10-5-3-2-4-6-10/h7,11H,2-6H2,1H3,(H,9,12)/t7-/m1/s1. The molecule has 0 saturated carbocycles. The second kappa shape index (κ2) is 4.42. The van der Waals surface area contributed by atoms with Gasteiger partial charge in [-0.1, -0.05) is 6.42 Å². The van der Waals surface area contributed by atoms with Crippen molar-refractivity contribution in [2.45, 2.75) is 32.3 Å². The lowest BCUT2D eigenvalue weighted by atomic mass is 10.2. The molecular weight excluding hydrogens is 156 g/mol. The average molecular weight is 172 g/mol. The molecule has 0 unspecified atom stereocenters. The molecule has 1 aliphatic rings. The Kier molecular flexibility index (Phi) is 3.49. The van der Waals surface area contributed by atoms with Crippen LogP contribution in [0.3, 0.4) is 0 Å². The van der Waals surface area contributed by atoms with Crippen LogP contribution >= 0.6 is 0 Å². The van der Waals surface area contributed by atoms with E-state index in [4.69, 9.17) is 5.11 Å². The second-order valence-corrected chi connectivity index (χ2v) is 3.20. The van der Waals surface area contributed by atoms with Crippen molar-refractivity contribution in [1.29, 1.82) is 0 Å². The lowest BCUT2D eigenvalue weighted by Gasteiger charge is -2.27. The zero-order valence-electron chi connectivity index (χ0n) is 7.42. The van der Waals surface area contributed by atoms with Gasteiger partial charge < -0.3 is 5.11 Å². The Bertz CT molecular complexity index is 153. The molecule has 12 heavy (non-hydrogen) atoms. The predicted molar refractivity (Wildman–Crippen MR) is 45.2 cm³/mol. The first-order chi connectivity index (χ1) is 5.70. The highest BCUT2D eigenvalue weighted by Gasteiger charge is 2.15. The third-order valence-electron chi connectivity index (χ3n) is 2.00. The Balaban J connectivity index is 2.24. The molecule has 1 aliphatic heterocycles. The summed E-state index contributed by atoms with van der Waals surface area (Å²) in [5.41, 5.74) is 2.66. The molecule has 1 amide bonds. The minimum atomic E-state index is -0.910. The zero-order chi connectivity index (χ0) is 8.97. The van der Waals surface area contributed by atoms with Crippen LogP contribution in [0, 0.1) is 0 Å². The highest BCUT2D eigenvalue weighted by atomic mass is 16.3. The van der Waals surface area contributed by atoms with Gasteiger partial charge in [0.2, 0.25) is 0 Å². The van der Waals surface area contributed by atoms with Gasteiger partial charge in [0.1, 0.15) is 6.10 Å². The SMILES string of the molecule is C[C@@H](O)C(=O)NN1CCCCC1. The Labute approximate surface area is 72.5 Å². The van der Waals surface area contributed by atoms with Gasteiger partial charge in [0.25, 0.3) is 5.91 Å². The van der Waals surface area contributed by atoms with Crippen molar-refractivity contribution in [3.8, 4) is 0 Å². The monoisotopic (exact) mass is 172 g/mol. The lowest BCUT2D eigenvalue weighted by Crippen LogP contribution is -2.48. The molecule has 0 radical (unpaired) electrons. The third-order valence-corrected chi connectivity index (χ3v) is 2.00. The molecule has 1 heterocycles. The van der Waals surface area contributed by atoms with Crippen LogP contribution in [0.25, 0.3) is 0 Å². The van der Waals surface area contributed by atoms with Gasteiger partial charge >= 0.3 is 0 Å². The fraction of sp³-hybridized carbons (Fsp3) is 0.875. The van der Waals surface area contributed by atoms with Crippen LogP contribution in [0.15, 0.2) is 0 Å². The maximum Gasteiger partial charge on any atom is 0.262 e. The average Bonchev–Trinajstić information content (AvgIpc) is 2.06. The minimum Gasteiger partial charge on any atom is -0.384 e. The van der Waals surface area contributed by atoms with E-state index in [0.29, 0.717) is 0 Å². The molecular formula is C8H16N2O2. The number of amides is 1. The molecule has 1 fully saturated rings. The minimum absolute atomic E-state index is 0.308. The number of hydrazine groups is 1. The molecule has 2 N–H and O–H groups in total. The van der Waals surface area contributed by atoms with E-state index in [2.05, 4.69) is 5.43 Å². The predicted octanol–water partition coefficient (Wildman–Crippen LogP) is -0.116. The molecule has 1 rings (SSSR count). The first kappa shape index (κ1) is 9.48. The van der Waals surface area contributed by atoms with Gasteiger partial charge in [-0.3, -0.25) is 10.2 Å². The molecule has 1 saturated heterocycles. The normalized spacial score (nSPS) is 21.8. The van der Waals surface area contributed by atoms with Crippen LogP contribution in [0.4, 0.5) is 0 Å². The highest BCUT2D eigenvalue weighted by Crippen LogP contribution is 2.05. The highest BCUT2D eigenvalue weighted by molar-refractivity contribution is 5.79. The van der Waals surface area contributed by atoms with Crippen molar-refractivity contribution < 1.29 is 9.90 Å². The number of aliphatic hydroxyl groups is 1. The summed E-state index contributed by atoms with van der Waals surface area (Å²) in [7, 11) is 0. The van der Waals surface area contributed by atoms with Gasteiger partial charge in [0.05, 0.1) is 0 Å². The first-order valence-electron chi connectivity index (χ1n) is 4.43. The van der Waals surface area contributed by atoms with Gasteiger partial charge in [0, 0.05) is 13.1 Å². The fourth-order valence-corrected chi connectivity index (χ4v) is 1.25. The van der Waals surface area contributed by atoms with Crippen molar-refractivity contribution in [2.75, 3.05) is 13.1 Å². The molecule has 0 aromatic rings. The molecule has 0 bridgehead atoms. The Morgan fingerprint density at radius 2 is 2.00 bits per heavy atom. The van der Waals surface area contributed by atoms with E-state index in [-0.39, 0.29) is 5.91 Å². The summed E-state index contributed by atoms with van der Waals surface area (Å²) in [5, 5.41) is 10.8. The van der Waals surface area contributed by atoms with Crippen LogP contribution in [0.1, 0.15) is 26.2 Å². The van der Waals surface area contributed by atoms with Crippen LogP contribution in [-0.4, -0.2) is 35.2 Å². The van der Waals surface area contributed by atoms with Crippen molar-refractivity contribution in [1.82, 2.24) is 10.4 Å². The quantitative estimate of drug-likeness (QED) is 0.611. The van der Waals surface area contributed by atoms with Gasteiger partial charge in [-0.15, -0.1) is 0 Å². The molecule has 0 aromatic heterocycles. The largest absolute Gasteiger partial charge is 0.384 e. The Morgan fingerprint density at radius 3 is 2.50 bits per heavy atom. The zero-order valence-corrected chi connectivity index (χ0v) is 7.42. The van der Waals surface area contributed by atoms with E-state index in [9.17, 15) is 4.79 Å². The summed E-state index contributed by atoms with van der Waals surface area (Å²) in [6, 6.07) is 0. The van der Waals surface area contributed by atoms with E-state index in [0.717, 1.165) is 25.9 Å². The number of piperidine rings is 1. The van der Waals surface area contributed by atoms with Crippen LogP contribution in [0.2, 0.25) is 0 Å². The summed E-state index contributed by atoms with van der Waals surface area (Å²) < 4.78 is 0. The molecule has 1 atom stereocenters. The van der Waals surface area contributed by atoms with E-state index in [1.54, 1.807) is 0 Å². The maximum atomic E-state index is 11.0. The number of carbonyl (C=O) groups excluding carboxylic acids is 1. The molecule has 0 aliphatic carbocycles. The van der Waals surface area contributed by atoms with E-state index in [1.807, 2.05) is 5.01 Å². The lowest BCUT2D eigenvalue weighted by molar-refractivity contribution is -0.134. The van der Waals surface area contributed by atoms with Crippen molar-refractivity contribution >= 4 is 5.91 Å². The van der Waals surface area contributed by atoms with Crippen LogP contribution in [0.5, 0.6) is 0 Å². The Morgan fingerprint density at radius 1 is 1.42 bits per heavy atom. The summed E-state index contributed by atoms with van der Waals surface area (Å²) in [6.45, 7) is 3.27. The van der Waals surface area contributed by atoms with Crippen molar-refractivity contribution in [3.63, 3.8) is 0 Å². The van der Waals surface area contributed by atoms with Gasteiger partial charge in [-0.2, -0.15) is 0 Å². The second-order valence-electron chi connectivity index (χ2n) is 3.20. The maximum absolute atomic E-state index is 11.0. The molecule has 4 heteroatoms. The van der Waals surface area contributed by atoms with E-state index >= 15 is 0 Å². The van der Waals surface area contributed by atoms with E-state index in [1.165, 1.54) is 13.3 Å². The summed E-state index contributed by atoms with van der Waals surface area (Å²) in [6.07, 6.45) is 2.58. The topological polar surface area (TPSA) is 52.6 Å². The number of nitrogens with zero attached hydrogens (tertiary/aromatic N) is 1. The van der Waals surface area contributed by atoms with E-state index < -0.39 is 6.10 Å². The van der Waals surface area contributed by atoms with Crippen molar-refractivity contribution in [2.24, 2.45) is 0 Å². The molecule has 4 nitrogen and oxygen atoms in total. The van der Waals surface area contributed by atoms with Gasteiger partial charge in [-0.25, -0.2) is 5.01 Å². The molecule has 0 spiro atoms. The molecule has 70 valence electrons. The van der Waals surface area contributed by atoms with Crippen molar-refractivity contribution in [3.05, 3.63) is 0 Å². The van der Waals surface area contributed by atoms with Crippen LogP contribution in [-0.2, 0) is 4.79 Å². The summed E-state index contributed by atoms with van der Waals surface area (Å²) >= 11 is 0. The number of aliphatic hydroxyl groups excluding tert-OH is 1. The number of carbonyl (C=O) groups is 1. The Hall–Kier alpha value is -0.610. The smallest absolute Gasteiger partial charge is 0.262 e. The summed E-state index contributed by atoms with van der Waals surface area (Å²) in [4.78, 5) is 11.0. The fourth-order valence-electron chi connectivity index (χ4n) is 1.25. The first-order valence-corrected chi connectivity index (χ1v) is 4.43. The number of hydrogen-bond donors (Lipinski definition) is 2. The van der Waals surface area contributed by atoms with Gasteiger partial charge in [0.15, 0.2) is 0 Å². The molecule has 0 aromatic carbocycles. The van der Waals surface area contributed by atoms with Gasteiger partial charge in [-0.05, 0) is 19.8 Å². The number of rotatable bonds is 2. The number of hydrogen-bond acceptors (Lipinski definition) is 3. The summed E-state index contributed by atoms with van der Waals surface area (Å²) in [5.74, 6) is -0.308. The third kappa shape index (κ3) is 2.79. The number of nitrogens with one attached hydrogen (secondary N) is 1. The van der Waals surface area contributed by atoms with Crippen LogP contribution < -0.4 is 5.43 Å².